The molecule has 2 heterocycles. The molecule has 1 aliphatic rings. The fourth-order valence-corrected chi connectivity index (χ4v) is 5.84. The van der Waals surface area contributed by atoms with Crippen molar-refractivity contribution < 1.29 is 17.9 Å². The molecule has 27 heavy (non-hydrogen) atoms. The van der Waals surface area contributed by atoms with E-state index in [1.54, 1.807) is 24.6 Å². The summed E-state index contributed by atoms with van der Waals surface area (Å²) in [6, 6.07) is 11.3. The van der Waals surface area contributed by atoms with Crippen LogP contribution >= 0.6 is 11.3 Å². The summed E-state index contributed by atoms with van der Waals surface area (Å²) < 4.78 is 32.1. The molecule has 0 unspecified atom stereocenters. The highest BCUT2D eigenvalue weighted by Gasteiger charge is 2.32. The molecule has 1 amide bonds. The maximum Gasteiger partial charge on any atom is 0.252 e. The van der Waals surface area contributed by atoms with E-state index in [-0.39, 0.29) is 11.8 Å². The molecule has 0 atom stereocenters. The molecule has 8 heteroatoms. The fourth-order valence-electron chi connectivity index (χ4n) is 3.23. The molecule has 0 radical (unpaired) electrons. The Morgan fingerprint density at radius 2 is 1.96 bits per heavy atom. The molecule has 0 spiro atoms. The highest BCUT2D eigenvalue weighted by molar-refractivity contribution is 7.91. The van der Waals surface area contributed by atoms with Crippen molar-refractivity contribution in [2.75, 3.05) is 20.2 Å². The van der Waals surface area contributed by atoms with E-state index in [4.69, 9.17) is 4.74 Å². The van der Waals surface area contributed by atoms with Crippen LogP contribution in [0, 0.1) is 5.92 Å². The van der Waals surface area contributed by atoms with E-state index in [9.17, 15) is 13.2 Å². The van der Waals surface area contributed by atoms with Crippen LogP contribution in [-0.4, -0.2) is 38.8 Å². The topological polar surface area (TPSA) is 75.7 Å². The Bertz CT molecular complexity index is 858. The summed E-state index contributed by atoms with van der Waals surface area (Å²) in [5.41, 5.74) is 2.09. The molecular formula is C19H24N2O4S2. The average Bonchev–Trinajstić information content (AvgIpc) is 3.22. The molecule has 1 aromatic carbocycles. The number of thiophene rings is 1. The number of piperidine rings is 1. The maximum absolute atomic E-state index is 12.5. The lowest BCUT2D eigenvalue weighted by Crippen LogP contribution is -2.42. The second kappa shape index (κ2) is 8.97. The highest BCUT2D eigenvalue weighted by Crippen LogP contribution is 2.26. The number of carbonyl (C=O) groups is 1. The SMILES string of the molecule is COCc1cccc(CNC(=O)C2CCN(S(=O)(=O)c3cccs3)CC2)c1. The minimum atomic E-state index is -3.43. The van der Waals surface area contributed by atoms with Crippen LogP contribution in [0.2, 0.25) is 0 Å². The highest BCUT2D eigenvalue weighted by atomic mass is 32.2. The van der Waals surface area contributed by atoms with E-state index in [1.807, 2.05) is 24.3 Å². The molecule has 1 N–H and O–H groups in total. The van der Waals surface area contributed by atoms with Crippen molar-refractivity contribution in [1.82, 2.24) is 9.62 Å². The molecule has 0 saturated carbocycles. The average molecular weight is 409 g/mol. The van der Waals surface area contributed by atoms with Crippen molar-refractivity contribution >= 4 is 27.3 Å². The number of hydrogen-bond donors (Lipinski definition) is 1. The van der Waals surface area contributed by atoms with Gasteiger partial charge in [-0.05, 0) is 35.4 Å². The van der Waals surface area contributed by atoms with Gasteiger partial charge in [0.25, 0.3) is 10.0 Å². The van der Waals surface area contributed by atoms with Gasteiger partial charge in [0.15, 0.2) is 0 Å². The standard InChI is InChI=1S/C19H24N2O4S2/c1-25-14-16-5-2-4-15(12-16)13-20-19(22)17-7-9-21(10-8-17)27(23,24)18-6-3-11-26-18/h2-6,11-12,17H,7-10,13-14H2,1H3,(H,20,22). The van der Waals surface area contributed by atoms with Gasteiger partial charge in [-0.1, -0.05) is 30.3 Å². The molecule has 0 bridgehead atoms. The molecule has 1 aliphatic heterocycles. The lowest BCUT2D eigenvalue weighted by atomic mass is 9.97. The van der Waals surface area contributed by atoms with Gasteiger partial charge < -0.3 is 10.1 Å². The first-order valence-electron chi connectivity index (χ1n) is 8.89. The fraction of sp³-hybridized carbons (Fsp3) is 0.421. The second-order valence-electron chi connectivity index (χ2n) is 6.58. The molecule has 1 aromatic heterocycles. The number of carbonyl (C=O) groups excluding carboxylic acids is 1. The minimum absolute atomic E-state index is 0.0136. The number of benzene rings is 1. The Balaban J connectivity index is 1.51. The van der Waals surface area contributed by atoms with Crippen LogP contribution in [0.5, 0.6) is 0 Å². The quantitative estimate of drug-likeness (QED) is 0.764. The van der Waals surface area contributed by atoms with Gasteiger partial charge >= 0.3 is 0 Å². The number of sulfonamides is 1. The van der Waals surface area contributed by atoms with Gasteiger partial charge in [-0.2, -0.15) is 4.31 Å². The van der Waals surface area contributed by atoms with Crippen LogP contribution in [-0.2, 0) is 32.7 Å². The molecule has 1 saturated heterocycles. The third kappa shape index (κ3) is 4.95. The van der Waals surface area contributed by atoms with Crippen molar-refractivity contribution in [2.45, 2.75) is 30.2 Å². The summed E-state index contributed by atoms with van der Waals surface area (Å²) in [4.78, 5) is 12.5. The van der Waals surface area contributed by atoms with E-state index >= 15 is 0 Å². The first-order valence-corrected chi connectivity index (χ1v) is 11.2. The summed E-state index contributed by atoms with van der Waals surface area (Å²) >= 11 is 1.22. The van der Waals surface area contributed by atoms with Gasteiger partial charge in [-0.15, -0.1) is 11.3 Å². The summed E-state index contributed by atoms with van der Waals surface area (Å²) in [6.07, 6.45) is 1.08. The van der Waals surface area contributed by atoms with Crippen LogP contribution in [0.1, 0.15) is 24.0 Å². The zero-order valence-corrected chi connectivity index (χ0v) is 16.9. The lowest BCUT2D eigenvalue weighted by molar-refractivity contribution is -0.126. The monoisotopic (exact) mass is 408 g/mol. The zero-order chi connectivity index (χ0) is 19.3. The van der Waals surface area contributed by atoms with Crippen LogP contribution in [0.15, 0.2) is 46.0 Å². The molecule has 3 rings (SSSR count). The van der Waals surface area contributed by atoms with Crippen LogP contribution in [0.3, 0.4) is 0 Å². The van der Waals surface area contributed by atoms with Crippen molar-refractivity contribution in [3.63, 3.8) is 0 Å². The molecular weight excluding hydrogens is 384 g/mol. The normalized spacial score (nSPS) is 16.3. The van der Waals surface area contributed by atoms with Crippen molar-refractivity contribution in [1.29, 1.82) is 0 Å². The first-order chi connectivity index (χ1) is 13.0. The smallest absolute Gasteiger partial charge is 0.252 e. The number of nitrogens with zero attached hydrogens (tertiary/aromatic N) is 1. The van der Waals surface area contributed by atoms with Crippen molar-refractivity contribution in [2.24, 2.45) is 5.92 Å². The molecule has 2 aromatic rings. The van der Waals surface area contributed by atoms with Gasteiger partial charge in [0, 0.05) is 32.7 Å². The second-order valence-corrected chi connectivity index (χ2v) is 9.69. The predicted octanol–water partition coefficient (Wildman–Crippen LogP) is 2.61. The Morgan fingerprint density at radius 1 is 1.22 bits per heavy atom. The summed E-state index contributed by atoms with van der Waals surface area (Å²) in [5, 5.41) is 4.73. The largest absolute Gasteiger partial charge is 0.380 e. The minimum Gasteiger partial charge on any atom is -0.380 e. The van der Waals surface area contributed by atoms with Crippen molar-refractivity contribution in [3.05, 3.63) is 52.9 Å². The Labute approximate surface area is 164 Å². The van der Waals surface area contributed by atoms with Crippen LogP contribution in [0.25, 0.3) is 0 Å². The molecule has 146 valence electrons. The van der Waals surface area contributed by atoms with E-state index < -0.39 is 10.0 Å². The van der Waals surface area contributed by atoms with E-state index in [0.717, 1.165) is 11.1 Å². The van der Waals surface area contributed by atoms with E-state index in [0.29, 0.717) is 43.3 Å². The Morgan fingerprint density at radius 3 is 2.63 bits per heavy atom. The number of hydrogen-bond acceptors (Lipinski definition) is 5. The summed E-state index contributed by atoms with van der Waals surface area (Å²) in [5.74, 6) is -0.165. The molecule has 0 aliphatic carbocycles. The van der Waals surface area contributed by atoms with Crippen molar-refractivity contribution in [3.8, 4) is 0 Å². The van der Waals surface area contributed by atoms with Gasteiger partial charge in [0.2, 0.25) is 5.91 Å². The summed E-state index contributed by atoms with van der Waals surface area (Å²) in [6.45, 7) is 1.76. The molecule has 6 nitrogen and oxygen atoms in total. The molecule has 1 fully saturated rings. The van der Waals surface area contributed by atoms with Crippen LogP contribution in [0.4, 0.5) is 0 Å². The van der Waals surface area contributed by atoms with Gasteiger partial charge in [-0.25, -0.2) is 8.42 Å². The Hall–Kier alpha value is -1.74. The lowest BCUT2D eigenvalue weighted by Gasteiger charge is -2.30. The van der Waals surface area contributed by atoms with E-state index in [2.05, 4.69) is 5.32 Å². The predicted molar refractivity (Wildman–Crippen MR) is 105 cm³/mol. The third-order valence-corrected chi connectivity index (χ3v) is 7.95. The van der Waals surface area contributed by atoms with Crippen LogP contribution < -0.4 is 5.32 Å². The summed E-state index contributed by atoms with van der Waals surface area (Å²) in [7, 11) is -1.77. The van der Waals surface area contributed by atoms with Gasteiger partial charge in [-0.3, -0.25) is 4.79 Å². The van der Waals surface area contributed by atoms with Gasteiger partial charge in [0.1, 0.15) is 4.21 Å². The number of nitrogens with one attached hydrogen (secondary N) is 1. The van der Waals surface area contributed by atoms with E-state index in [1.165, 1.54) is 15.6 Å². The Kier molecular flexibility index (Phi) is 6.64. The number of rotatable bonds is 7. The zero-order valence-electron chi connectivity index (χ0n) is 15.3. The maximum atomic E-state index is 12.5. The number of methoxy groups -OCH3 is 1. The van der Waals surface area contributed by atoms with Gasteiger partial charge in [0.05, 0.1) is 6.61 Å². The first kappa shape index (κ1) is 20.0. The number of ether oxygens (including phenoxy) is 1. The third-order valence-electron chi connectivity index (χ3n) is 4.68. The number of amides is 1.